The lowest BCUT2D eigenvalue weighted by Gasteiger charge is -2.21. The van der Waals surface area contributed by atoms with Crippen LogP contribution in [0.2, 0.25) is 0 Å². The van der Waals surface area contributed by atoms with Crippen molar-refractivity contribution in [3.63, 3.8) is 0 Å². The standard InChI is InChI=1S/C21H18O3/c1-15(22)18-12-13-20(19(23)14-18)24-21(16-8-4-2-5-9-16)17-10-6-3-7-11-17/h2-14,21,23H,1H3. The summed E-state index contributed by atoms with van der Waals surface area (Å²) in [5.41, 5.74) is 2.42. The Balaban J connectivity index is 1.97. The van der Waals surface area contributed by atoms with Crippen molar-refractivity contribution in [1.29, 1.82) is 0 Å². The molecule has 0 aliphatic heterocycles. The molecule has 3 aromatic carbocycles. The number of hydrogen-bond acceptors (Lipinski definition) is 3. The molecule has 0 radical (unpaired) electrons. The molecule has 0 unspecified atom stereocenters. The van der Waals surface area contributed by atoms with E-state index in [0.29, 0.717) is 11.3 Å². The molecule has 120 valence electrons. The third kappa shape index (κ3) is 3.46. The highest BCUT2D eigenvalue weighted by molar-refractivity contribution is 5.94. The highest BCUT2D eigenvalue weighted by atomic mass is 16.5. The first-order valence-corrected chi connectivity index (χ1v) is 7.75. The summed E-state index contributed by atoms with van der Waals surface area (Å²) < 4.78 is 6.09. The molecule has 0 aromatic heterocycles. The molecule has 0 saturated heterocycles. The Bertz CT molecular complexity index is 787. The summed E-state index contributed by atoms with van der Waals surface area (Å²) in [7, 11) is 0. The Hall–Kier alpha value is -3.07. The van der Waals surface area contributed by atoms with Gasteiger partial charge in [-0.05, 0) is 36.2 Å². The third-order valence-corrected chi connectivity index (χ3v) is 3.81. The summed E-state index contributed by atoms with van der Waals surface area (Å²) in [5, 5.41) is 10.2. The molecule has 0 aliphatic carbocycles. The van der Waals surface area contributed by atoms with Gasteiger partial charge < -0.3 is 9.84 Å². The van der Waals surface area contributed by atoms with Crippen LogP contribution in [0.5, 0.6) is 11.5 Å². The molecule has 0 atom stereocenters. The van der Waals surface area contributed by atoms with Crippen molar-refractivity contribution in [2.75, 3.05) is 0 Å². The first-order chi connectivity index (χ1) is 11.6. The Morgan fingerprint density at radius 3 is 1.88 bits per heavy atom. The minimum absolute atomic E-state index is 0.0421. The number of Topliss-reactive ketones (excluding diaryl/α,β-unsaturated/α-hetero) is 1. The van der Waals surface area contributed by atoms with Gasteiger partial charge in [0, 0.05) is 5.56 Å². The van der Waals surface area contributed by atoms with Gasteiger partial charge in [0.25, 0.3) is 0 Å². The van der Waals surface area contributed by atoms with Crippen molar-refractivity contribution < 1.29 is 14.6 Å². The Morgan fingerprint density at radius 2 is 1.42 bits per heavy atom. The number of phenolic OH excluding ortho intramolecular Hbond substituents is 1. The zero-order valence-electron chi connectivity index (χ0n) is 13.3. The highest BCUT2D eigenvalue weighted by Crippen LogP contribution is 2.34. The molecule has 0 spiro atoms. The maximum atomic E-state index is 11.4. The number of ether oxygens (including phenoxy) is 1. The lowest BCUT2D eigenvalue weighted by atomic mass is 10.0. The Kier molecular flexibility index (Phi) is 4.62. The van der Waals surface area contributed by atoms with Gasteiger partial charge in [0.2, 0.25) is 0 Å². The van der Waals surface area contributed by atoms with Gasteiger partial charge in [-0.25, -0.2) is 0 Å². The van der Waals surface area contributed by atoms with Crippen LogP contribution < -0.4 is 4.74 Å². The van der Waals surface area contributed by atoms with E-state index >= 15 is 0 Å². The van der Waals surface area contributed by atoms with Gasteiger partial charge in [-0.1, -0.05) is 60.7 Å². The predicted molar refractivity (Wildman–Crippen MR) is 93.5 cm³/mol. The number of rotatable bonds is 5. The first-order valence-electron chi connectivity index (χ1n) is 7.75. The van der Waals surface area contributed by atoms with Gasteiger partial charge in [-0.15, -0.1) is 0 Å². The molecular formula is C21H18O3. The summed E-state index contributed by atoms with van der Waals surface area (Å²) in [5.74, 6) is 0.205. The minimum atomic E-state index is -0.346. The Morgan fingerprint density at radius 1 is 0.875 bits per heavy atom. The molecule has 3 nitrogen and oxygen atoms in total. The number of hydrogen-bond donors (Lipinski definition) is 1. The van der Waals surface area contributed by atoms with Crippen LogP contribution in [0, 0.1) is 0 Å². The van der Waals surface area contributed by atoms with Gasteiger partial charge in [0.15, 0.2) is 17.3 Å². The molecule has 1 N–H and O–H groups in total. The molecule has 24 heavy (non-hydrogen) atoms. The van der Waals surface area contributed by atoms with Crippen molar-refractivity contribution >= 4 is 5.78 Å². The van der Waals surface area contributed by atoms with E-state index in [2.05, 4.69) is 0 Å². The van der Waals surface area contributed by atoms with Crippen LogP contribution in [0.25, 0.3) is 0 Å². The first kappa shape index (κ1) is 15.8. The van der Waals surface area contributed by atoms with Crippen molar-refractivity contribution in [2.45, 2.75) is 13.0 Å². The van der Waals surface area contributed by atoms with Crippen LogP contribution in [-0.2, 0) is 0 Å². The molecule has 0 saturated carbocycles. The number of carbonyl (C=O) groups excluding carboxylic acids is 1. The fraction of sp³-hybridized carbons (Fsp3) is 0.0952. The largest absolute Gasteiger partial charge is 0.504 e. The van der Waals surface area contributed by atoms with Gasteiger partial charge >= 0.3 is 0 Å². The summed E-state index contributed by atoms with van der Waals surface area (Å²) >= 11 is 0. The fourth-order valence-electron chi connectivity index (χ4n) is 2.55. The zero-order chi connectivity index (χ0) is 16.9. The second-order valence-corrected chi connectivity index (χ2v) is 5.56. The van der Waals surface area contributed by atoms with E-state index in [1.807, 2.05) is 60.7 Å². The molecule has 0 bridgehead atoms. The SMILES string of the molecule is CC(=O)c1ccc(OC(c2ccccc2)c2ccccc2)c(O)c1. The number of benzene rings is 3. The van der Waals surface area contributed by atoms with Crippen molar-refractivity contribution in [2.24, 2.45) is 0 Å². The third-order valence-electron chi connectivity index (χ3n) is 3.81. The molecular weight excluding hydrogens is 300 g/mol. The molecule has 3 heteroatoms. The lowest BCUT2D eigenvalue weighted by Crippen LogP contribution is -2.09. The van der Waals surface area contributed by atoms with E-state index in [9.17, 15) is 9.90 Å². The van der Waals surface area contributed by atoms with Crippen LogP contribution in [0.1, 0.15) is 34.5 Å². The number of ketones is 1. The monoisotopic (exact) mass is 318 g/mol. The lowest BCUT2D eigenvalue weighted by molar-refractivity contribution is 0.101. The summed E-state index contributed by atoms with van der Waals surface area (Å²) in [6.07, 6.45) is -0.346. The molecule has 3 aromatic rings. The quantitative estimate of drug-likeness (QED) is 0.690. The van der Waals surface area contributed by atoms with Gasteiger partial charge in [-0.2, -0.15) is 0 Å². The summed E-state index contributed by atoms with van der Waals surface area (Å²) in [4.78, 5) is 11.4. The summed E-state index contributed by atoms with van der Waals surface area (Å²) in [6.45, 7) is 1.46. The predicted octanol–water partition coefficient (Wildman–Crippen LogP) is 4.76. The van der Waals surface area contributed by atoms with Crippen LogP contribution in [0.3, 0.4) is 0 Å². The average Bonchev–Trinajstić information content (AvgIpc) is 2.62. The molecule has 0 heterocycles. The number of phenols is 1. The smallest absolute Gasteiger partial charge is 0.162 e. The molecule has 0 amide bonds. The Labute approximate surface area is 141 Å². The van der Waals surface area contributed by atoms with E-state index in [1.54, 1.807) is 12.1 Å². The maximum absolute atomic E-state index is 11.4. The molecule has 3 rings (SSSR count). The maximum Gasteiger partial charge on any atom is 0.162 e. The van der Waals surface area contributed by atoms with E-state index in [1.165, 1.54) is 13.0 Å². The average molecular weight is 318 g/mol. The molecule has 0 fully saturated rings. The van der Waals surface area contributed by atoms with E-state index in [-0.39, 0.29) is 17.6 Å². The molecule has 0 aliphatic rings. The van der Waals surface area contributed by atoms with Gasteiger partial charge in [-0.3, -0.25) is 4.79 Å². The van der Waals surface area contributed by atoms with Crippen molar-refractivity contribution in [3.8, 4) is 11.5 Å². The van der Waals surface area contributed by atoms with E-state index in [0.717, 1.165) is 11.1 Å². The van der Waals surface area contributed by atoms with Crippen LogP contribution in [0.4, 0.5) is 0 Å². The fourth-order valence-corrected chi connectivity index (χ4v) is 2.55. The van der Waals surface area contributed by atoms with Crippen molar-refractivity contribution in [3.05, 3.63) is 95.6 Å². The van der Waals surface area contributed by atoms with Gasteiger partial charge in [0.05, 0.1) is 0 Å². The zero-order valence-corrected chi connectivity index (χ0v) is 13.3. The normalized spacial score (nSPS) is 10.6. The van der Waals surface area contributed by atoms with Crippen LogP contribution in [-0.4, -0.2) is 10.9 Å². The second kappa shape index (κ2) is 7.01. The van der Waals surface area contributed by atoms with Crippen molar-refractivity contribution in [1.82, 2.24) is 0 Å². The van der Waals surface area contributed by atoms with Crippen LogP contribution in [0.15, 0.2) is 78.9 Å². The number of aromatic hydroxyl groups is 1. The van der Waals surface area contributed by atoms with Crippen LogP contribution >= 0.6 is 0 Å². The second-order valence-electron chi connectivity index (χ2n) is 5.56. The van der Waals surface area contributed by atoms with Gasteiger partial charge in [0.1, 0.15) is 6.10 Å². The highest BCUT2D eigenvalue weighted by Gasteiger charge is 2.18. The summed E-state index contributed by atoms with van der Waals surface area (Å²) in [6, 6.07) is 24.4. The van der Waals surface area contributed by atoms with E-state index < -0.39 is 0 Å². The minimum Gasteiger partial charge on any atom is -0.504 e. The van der Waals surface area contributed by atoms with E-state index in [4.69, 9.17) is 4.74 Å². The topological polar surface area (TPSA) is 46.5 Å². The number of carbonyl (C=O) groups is 1.